The Kier molecular flexibility index (Phi) is 2.95. The number of nitrogens with zero attached hydrogens (tertiary/aromatic N) is 2. The van der Waals surface area contributed by atoms with Gasteiger partial charge in [-0.2, -0.15) is 0 Å². The molecule has 6 nitrogen and oxygen atoms in total. The smallest absolute Gasteiger partial charge is 0.326 e. The third kappa shape index (κ3) is 2.06. The molecule has 2 N–H and O–H groups in total. The number of carboxylic acids is 1. The van der Waals surface area contributed by atoms with E-state index in [-0.39, 0.29) is 11.4 Å². The second-order valence-corrected chi connectivity index (χ2v) is 3.87. The third-order valence-electron chi connectivity index (χ3n) is 2.79. The molecular formula is C11H12N2O4. The van der Waals surface area contributed by atoms with Crippen LogP contribution in [0.3, 0.4) is 0 Å². The van der Waals surface area contributed by atoms with Gasteiger partial charge in [-0.05, 0) is 25.0 Å². The van der Waals surface area contributed by atoms with Crippen LogP contribution in [0, 0.1) is 0 Å². The number of aromatic nitrogens is 1. The van der Waals surface area contributed by atoms with Crippen molar-refractivity contribution >= 4 is 11.9 Å². The summed E-state index contributed by atoms with van der Waals surface area (Å²) in [7, 11) is 0. The zero-order chi connectivity index (χ0) is 12.4. The number of hydrogen-bond donors (Lipinski definition) is 2. The first-order valence-corrected chi connectivity index (χ1v) is 5.29. The molecule has 2 rings (SSSR count). The number of aromatic hydroxyl groups is 1. The van der Waals surface area contributed by atoms with E-state index in [1.54, 1.807) is 0 Å². The van der Waals surface area contributed by atoms with Crippen LogP contribution in [0.2, 0.25) is 0 Å². The summed E-state index contributed by atoms with van der Waals surface area (Å²) in [5, 5.41) is 18.5. The molecule has 1 aliphatic rings. The summed E-state index contributed by atoms with van der Waals surface area (Å²) >= 11 is 0. The highest BCUT2D eigenvalue weighted by Gasteiger charge is 2.35. The fourth-order valence-electron chi connectivity index (χ4n) is 1.96. The van der Waals surface area contributed by atoms with Gasteiger partial charge in [0, 0.05) is 12.7 Å². The molecule has 0 radical (unpaired) electrons. The summed E-state index contributed by atoms with van der Waals surface area (Å²) in [4.78, 5) is 28.0. The first kappa shape index (κ1) is 11.4. The van der Waals surface area contributed by atoms with E-state index in [1.807, 2.05) is 0 Å². The topological polar surface area (TPSA) is 90.7 Å². The van der Waals surface area contributed by atoms with Crippen molar-refractivity contribution in [1.82, 2.24) is 9.88 Å². The summed E-state index contributed by atoms with van der Waals surface area (Å²) in [6, 6.07) is 2.04. The Bertz CT molecular complexity index is 461. The summed E-state index contributed by atoms with van der Waals surface area (Å²) in [6.07, 6.45) is 2.48. The molecule has 0 unspecified atom stereocenters. The van der Waals surface area contributed by atoms with E-state index in [2.05, 4.69) is 4.98 Å². The van der Waals surface area contributed by atoms with Crippen molar-refractivity contribution in [1.29, 1.82) is 0 Å². The quantitative estimate of drug-likeness (QED) is 0.779. The molecule has 1 atom stereocenters. The summed E-state index contributed by atoms with van der Waals surface area (Å²) < 4.78 is 0. The average molecular weight is 236 g/mol. The molecule has 2 heterocycles. The number of carboxylic acid groups (broad SMARTS) is 1. The fraction of sp³-hybridized carbons (Fsp3) is 0.364. The van der Waals surface area contributed by atoms with Gasteiger partial charge in [0.15, 0.2) is 5.69 Å². The van der Waals surface area contributed by atoms with Crippen molar-refractivity contribution in [3.8, 4) is 5.75 Å². The van der Waals surface area contributed by atoms with Crippen LogP contribution in [0.25, 0.3) is 0 Å². The van der Waals surface area contributed by atoms with E-state index < -0.39 is 17.9 Å². The van der Waals surface area contributed by atoms with Crippen molar-refractivity contribution < 1.29 is 19.8 Å². The van der Waals surface area contributed by atoms with Crippen LogP contribution < -0.4 is 0 Å². The van der Waals surface area contributed by atoms with E-state index in [0.29, 0.717) is 19.4 Å². The van der Waals surface area contributed by atoms with Gasteiger partial charge >= 0.3 is 5.97 Å². The molecule has 0 bridgehead atoms. The van der Waals surface area contributed by atoms with Crippen molar-refractivity contribution in [2.45, 2.75) is 18.9 Å². The van der Waals surface area contributed by atoms with Crippen LogP contribution >= 0.6 is 0 Å². The lowest BCUT2D eigenvalue weighted by Gasteiger charge is -2.21. The number of hydrogen-bond acceptors (Lipinski definition) is 4. The largest absolute Gasteiger partial charge is 0.505 e. The van der Waals surface area contributed by atoms with Crippen LogP contribution in [0.5, 0.6) is 5.75 Å². The maximum absolute atomic E-state index is 12.0. The highest BCUT2D eigenvalue weighted by atomic mass is 16.4. The van der Waals surface area contributed by atoms with E-state index in [1.165, 1.54) is 23.2 Å². The molecule has 6 heteroatoms. The number of aliphatic carboxylic acids is 1. The number of carbonyl (C=O) groups excluding carboxylic acids is 1. The lowest BCUT2D eigenvalue weighted by Crippen LogP contribution is -2.40. The molecule has 1 aliphatic heterocycles. The first-order chi connectivity index (χ1) is 8.11. The Labute approximate surface area is 97.5 Å². The summed E-state index contributed by atoms with van der Waals surface area (Å²) in [5.74, 6) is -1.78. The number of carbonyl (C=O) groups is 2. The van der Waals surface area contributed by atoms with Crippen molar-refractivity contribution in [2.24, 2.45) is 0 Å². The Morgan fingerprint density at radius 3 is 2.88 bits per heavy atom. The Morgan fingerprint density at radius 2 is 2.24 bits per heavy atom. The van der Waals surface area contributed by atoms with Gasteiger partial charge in [0.25, 0.3) is 5.91 Å². The zero-order valence-electron chi connectivity index (χ0n) is 9.04. The van der Waals surface area contributed by atoms with Gasteiger partial charge in [-0.15, -0.1) is 0 Å². The lowest BCUT2D eigenvalue weighted by molar-refractivity contribution is -0.141. The molecule has 0 spiro atoms. The minimum absolute atomic E-state index is 0.0966. The van der Waals surface area contributed by atoms with Gasteiger partial charge in [0.05, 0.1) is 0 Å². The zero-order valence-corrected chi connectivity index (χ0v) is 9.04. The van der Waals surface area contributed by atoms with Gasteiger partial charge in [-0.25, -0.2) is 9.78 Å². The monoisotopic (exact) mass is 236 g/mol. The Morgan fingerprint density at radius 1 is 1.47 bits per heavy atom. The molecule has 90 valence electrons. The number of pyridine rings is 1. The molecule has 0 saturated carbocycles. The van der Waals surface area contributed by atoms with Crippen molar-refractivity contribution in [2.75, 3.05) is 6.54 Å². The Balaban J connectivity index is 2.26. The predicted octanol–water partition coefficient (Wildman–Crippen LogP) is 0.476. The van der Waals surface area contributed by atoms with Crippen LogP contribution in [-0.2, 0) is 4.79 Å². The van der Waals surface area contributed by atoms with E-state index >= 15 is 0 Å². The van der Waals surface area contributed by atoms with E-state index in [9.17, 15) is 14.7 Å². The third-order valence-corrected chi connectivity index (χ3v) is 2.79. The minimum atomic E-state index is -1.02. The molecule has 1 amide bonds. The van der Waals surface area contributed by atoms with Gasteiger partial charge < -0.3 is 15.1 Å². The molecular weight excluding hydrogens is 224 g/mol. The van der Waals surface area contributed by atoms with E-state index in [0.717, 1.165) is 0 Å². The second kappa shape index (κ2) is 4.40. The van der Waals surface area contributed by atoms with Crippen LogP contribution in [0.1, 0.15) is 23.3 Å². The maximum Gasteiger partial charge on any atom is 0.326 e. The standard InChI is InChI=1S/C11H12N2O4/c14-8-4-1-5-12-9(8)10(15)13-6-2-3-7(13)11(16)17/h1,4-5,7,14H,2-3,6H2,(H,16,17)/t7-/m1/s1. The lowest BCUT2D eigenvalue weighted by atomic mass is 10.2. The molecule has 1 fully saturated rings. The minimum Gasteiger partial charge on any atom is -0.505 e. The Hall–Kier alpha value is -2.11. The van der Waals surface area contributed by atoms with Gasteiger partial charge in [0.2, 0.25) is 0 Å². The summed E-state index contributed by atoms with van der Waals surface area (Å²) in [5.41, 5.74) is -0.0966. The second-order valence-electron chi connectivity index (χ2n) is 3.87. The van der Waals surface area contributed by atoms with E-state index in [4.69, 9.17) is 5.11 Å². The highest BCUT2D eigenvalue weighted by molar-refractivity contribution is 5.97. The van der Waals surface area contributed by atoms with Crippen molar-refractivity contribution in [3.05, 3.63) is 24.0 Å². The van der Waals surface area contributed by atoms with Crippen LogP contribution in [-0.4, -0.2) is 44.6 Å². The van der Waals surface area contributed by atoms with Gasteiger partial charge in [0.1, 0.15) is 11.8 Å². The molecule has 0 aromatic carbocycles. The number of amides is 1. The summed E-state index contributed by atoms with van der Waals surface area (Å²) in [6.45, 7) is 0.381. The molecule has 1 aromatic heterocycles. The van der Waals surface area contributed by atoms with Gasteiger partial charge in [-0.1, -0.05) is 0 Å². The average Bonchev–Trinajstić information content (AvgIpc) is 2.77. The maximum atomic E-state index is 12.0. The molecule has 1 saturated heterocycles. The van der Waals surface area contributed by atoms with Crippen LogP contribution in [0.15, 0.2) is 18.3 Å². The molecule has 17 heavy (non-hydrogen) atoms. The fourth-order valence-corrected chi connectivity index (χ4v) is 1.96. The highest BCUT2D eigenvalue weighted by Crippen LogP contribution is 2.22. The SMILES string of the molecule is O=C(O)[C@H]1CCCN1C(=O)c1ncccc1O. The molecule has 1 aromatic rings. The number of likely N-dealkylation sites (tertiary alicyclic amines) is 1. The number of rotatable bonds is 2. The normalized spacial score (nSPS) is 19.3. The van der Waals surface area contributed by atoms with Crippen LogP contribution in [0.4, 0.5) is 0 Å². The molecule has 0 aliphatic carbocycles. The predicted molar refractivity (Wildman–Crippen MR) is 57.6 cm³/mol. The van der Waals surface area contributed by atoms with Gasteiger partial charge in [-0.3, -0.25) is 4.79 Å². The first-order valence-electron chi connectivity index (χ1n) is 5.29. The van der Waals surface area contributed by atoms with Crippen molar-refractivity contribution in [3.63, 3.8) is 0 Å².